The molecule has 1 N–H and O–H groups in total. The van der Waals surface area contributed by atoms with Gasteiger partial charge in [0.25, 0.3) is 0 Å². The number of nitrogens with zero attached hydrogens (tertiary/aromatic N) is 3. The number of hydrogen-bond acceptors (Lipinski definition) is 5. The van der Waals surface area contributed by atoms with E-state index in [-0.39, 0.29) is 0 Å². The summed E-state index contributed by atoms with van der Waals surface area (Å²) < 4.78 is 4.19. The van der Waals surface area contributed by atoms with E-state index in [9.17, 15) is 0 Å². The molecule has 2 aromatic rings. The van der Waals surface area contributed by atoms with E-state index in [1.807, 2.05) is 6.92 Å². The van der Waals surface area contributed by atoms with Crippen molar-refractivity contribution in [3.8, 4) is 11.5 Å². The molecule has 0 aromatic carbocycles. The van der Waals surface area contributed by atoms with Gasteiger partial charge in [-0.1, -0.05) is 11.6 Å². The van der Waals surface area contributed by atoms with Crippen LogP contribution in [0.4, 0.5) is 5.13 Å². The molecular formula is C9H9ClN4S. The van der Waals surface area contributed by atoms with Gasteiger partial charge in [0.1, 0.15) is 5.69 Å². The standard InChI is InChI=1S/C9H9ClN4S/c1-2-11-9-13-8(14-15-9)7-6(10)4-3-5-12-7/h3-5H,2H2,1H3,(H,11,13,14). The zero-order valence-corrected chi connectivity index (χ0v) is 9.64. The Morgan fingerprint density at radius 1 is 1.53 bits per heavy atom. The number of rotatable bonds is 3. The van der Waals surface area contributed by atoms with Crippen LogP contribution in [-0.4, -0.2) is 20.9 Å². The minimum atomic E-state index is 0.568. The molecule has 15 heavy (non-hydrogen) atoms. The first kappa shape index (κ1) is 10.3. The van der Waals surface area contributed by atoms with Crippen molar-refractivity contribution in [2.45, 2.75) is 6.92 Å². The lowest BCUT2D eigenvalue weighted by Gasteiger charge is -1.96. The number of pyridine rings is 1. The van der Waals surface area contributed by atoms with Crippen LogP contribution in [0, 0.1) is 0 Å². The maximum Gasteiger partial charge on any atom is 0.202 e. The molecule has 0 saturated heterocycles. The lowest BCUT2D eigenvalue weighted by atomic mass is 10.3. The van der Waals surface area contributed by atoms with Crippen LogP contribution in [0.25, 0.3) is 11.5 Å². The van der Waals surface area contributed by atoms with Gasteiger partial charge in [-0.25, -0.2) is 0 Å². The molecule has 0 unspecified atom stereocenters. The second kappa shape index (κ2) is 4.55. The normalized spacial score (nSPS) is 10.3. The van der Waals surface area contributed by atoms with Crippen LogP contribution in [0.5, 0.6) is 0 Å². The van der Waals surface area contributed by atoms with Gasteiger partial charge in [-0.3, -0.25) is 4.98 Å². The molecule has 2 aromatic heterocycles. The fraction of sp³-hybridized carbons (Fsp3) is 0.222. The molecule has 0 spiro atoms. The largest absolute Gasteiger partial charge is 0.361 e. The Morgan fingerprint density at radius 3 is 3.13 bits per heavy atom. The van der Waals surface area contributed by atoms with E-state index in [0.717, 1.165) is 11.7 Å². The van der Waals surface area contributed by atoms with E-state index in [0.29, 0.717) is 16.5 Å². The average molecular weight is 241 g/mol. The van der Waals surface area contributed by atoms with Crippen molar-refractivity contribution in [3.63, 3.8) is 0 Å². The smallest absolute Gasteiger partial charge is 0.202 e. The van der Waals surface area contributed by atoms with Crippen molar-refractivity contribution < 1.29 is 0 Å². The molecule has 4 nitrogen and oxygen atoms in total. The van der Waals surface area contributed by atoms with Crippen LogP contribution in [0.1, 0.15) is 6.92 Å². The average Bonchev–Trinajstić information content (AvgIpc) is 2.68. The van der Waals surface area contributed by atoms with Crippen molar-refractivity contribution >= 4 is 28.3 Å². The topological polar surface area (TPSA) is 50.7 Å². The fourth-order valence-corrected chi connectivity index (χ4v) is 1.94. The quantitative estimate of drug-likeness (QED) is 0.896. The molecule has 78 valence electrons. The lowest BCUT2D eigenvalue weighted by Crippen LogP contribution is -1.95. The maximum atomic E-state index is 5.99. The van der Waals surface area contributed by atoms with Gasteiger partial charge in [0.2, 0.25) is 5.13 Å². The van der Waals surface area contributed by atoms with Gasteiger partial charge in [-0.2, -0.15) is 9.36 Å². The lowest BCUT2D eigenvalue weighted by molar-refractivity contribution is 1.17. The summed E-state index contributed by atoms with van der Waals surface area (Å²) in [5.41, 5.74) is 0.625. The van der Waals surface area contributed by atoms with E-state index >= 15 is 0 Å². The summed E-state index contributed by atoms with van der Waals surface area (Å²) in [6.45, 7) is 2.83. The molecule has 0 aliphatic rings. The van der Waals surface area contributed by atoms with Gasteiger partial charge in [-0.05, 0) is 19.1 Å². The summed E-state index contributed by atoms with van der Waals surface area (Å²) in [5.74, 6) is 0.571. The van der Waals surface area contributed by atoms with Crippen molar-refractivity contribution in [2.75, 3.05) is 11.9 Å². The molecule has 0 aliphatic heterocycles. The predicted octanol–water partition coefficient (Wildman–Crippen LogP) is 2.69. The van der Waals surface area contributed by atoms with Crippen LogP contribution < -0.4 is 5.32 Å². The minimum Gasteiger partial charge on any atom is -0.361 e. The highest BCUT2D eigenvalue weighted by Crippen LogP contribution is 2.25. The molecule has 0 amide bonds. The Morgan fingerprint density at radius 2 is 2.40 bits per heavy atom. The van der Waals surface area contributed by atoms with Gasteiger partial charge < -0.3 is 5.32 Å². The molecular weight excluding hydrogens is 232 g/mol. The first-order valence-corrected chi connectivity index (χ1v) is 5.65. The van der Waals surface area contributed by atoms with E-state index < -0.39 is 0 Å². The Balaban J connectivity index is 2.33. The summed E-state index contributed by atoms with van der Waals surface area (Å²) in [6, 6.07) is 3.56. The Hall–Kier alpha value is -1.20. The van der Waals surface area contributed by atoms with Crippen molar-refractivity contribution in [3.05, 3.63) is 23.4 Å². The maximum absolute atomic E-state index is 5.99. The highest BCUT2D eigenvalue weighted by atomic mass is 35.5. The third-order valence-corrected chi connectivity index (χ3v) is 2.70. The van der Waals surface area contributed by atoms with Crippen LogP contribution in [0.15, 0.2) is 18.3 Å². The molecule has 2 heterocycles. The van der Waals surface area contributed by atoms with Crippen LogP contribution in [0.2, 0.25) is 5.02 Å². The SMILES string of the molecule is CCNc1nc(-c2ncccc2Cl)ns1. The minimum absolute atomic E-state index is 0.568. The summed E-state index contributed by atoms with van der Waals surface area (Å²) in [5, 5.41) is 4.45. The van der Waals surface area contributed by atoms with Gasteiger partial charge >= 0.3 is 0 Å². The molecule has 0 radical (unpaired) electrons. The molecule has 0 fully saturated rings. The number of aromatic nitrogens is 3. The van der Waals surface area contributed by atoms with Crippen molar-refractivity contribution in [2.24, 2.45) is 0 Å². The van der Waals surface area contributed by atoms with Crippen molar-refractivity contribution in [1.29, 1.82) is 0 Å². The van der Waals surface area contributed by atoms with Gasteiger partial charge in [0.05, 0.1) is 5.02 Å². The summed E-state index contributed by atoms with van der Waals surface area (Å²) >= 11 is 7.29. The van der Waals surface area contributed by atoms with Gasteiger partial charge in [0.15, 0.2) is 5.82 Å². The second-order valence-electron chi connectivity index (χ2n) is 2.79. The van der Waals surface area contributed by atoms with Crippen LogP contribution in [0.3, 0.4) is 0 Å². The molecule has 2 rings (SSSR count). The summed E-state index contributed by atoms with van der Waals surface area (Å²) in [7, 11) is 0. The first-order valence-electron chi connectivity index (χ1n) is 4.49. The highest BCUT2D eigenvalue weighted by Gasteiger charge is 2.10. The number of hydrogen-bond donors (Lipinski definition) is 1. The zero-order valence-electron chi connectivity index (χ0n) is 8.07. The first-order chi connectivity index (χ1) is 7.31. The van der Waals surface area contributed by atoms with E-state index in [4.69, 9.17) is 11.6 Å². The molecule has 6 heteroatoms. The van der Waals surface area contributed by atoms with E-state index in [1.54, 1.807) is 18.3 Å². The Labute approximate surface area is 96.5 Å². The second-order valence-corrected chi connectivity index (χ2v) is 3.95. The predicted molar refractivity (Wildman–Crippen MR) is 62.3 cm³/mol. The summed E-state index contributed by atoms with van der Waals surface area (Å²) in [6.07, 6.45) is 1.68. The Kier molecular flexibility index (Phi) is 3.13. The third kappa shape index (κ3) is 2.24. The van der Waals surface area contributed by atoms with Gasteiger partial charge in [0, 0.05) is 24.3 Å². The van der Waals surface area contributed by atoms with Gasteiger partial charge in [-0.15, -0.1) is 0 Å². The molecule has 0 bridgehead atoms. The van der Waals surface area contributed by atoms with Crippen LogP contribution >= 0.6 is 23.1 Å². The molecule has 0 atom stereocenters. The van der Waals surface area contributed by atoms with E-state index in [1.165, 1.54) is 11.5 Å². The molecule has 0 saturated carbocycles. The Bertz CT molecular complexity index is 457. The van der Waals surface area contributed by atoms with E-state index in [2.05, 4.69) is 19.7 Å². The fourth-order valence-electron chi connectivity index (χ4n) is 1.09. The van der Waals surface area contributed by atoms with Crippen LogP contribution in [-0.2, 0) is 0 Å². The summed E-state index contributed by atoms with van der Waals surface area (Å²) in [4.78, 5) is 8.42. The zero-order chi connectivity index (χ0) is 10.7. The van der Waals surface area contributed by atoms with Crippen molar-refractivity contribution in [1.82, 2.24) is 14.3 Å². The number of halogens is 1. The molecule has 0 aliphatic carbocycles. The third-order valence-electron chi connectivity index (χ3n) is 1.72. The number of nitrogens with one attached hydrogen (secondary N) is 1. The number of anilines is 1. The monoisotopic (exact) mass is 240 g/mol. The highest BCUT2D eigenvalue weighted by molar-refractivity contribution is 7.09.